The molecule has 6 heteroatoms. The number of benzene rings is 2. The Balaban J connectivity index is 1.43. The molecule has 3 aliphatic rings. The molecule has 0 radical (unpaired) electrons. The van der Waals surface area contributed by atoms with Gasteiger partial charge in [-0.1, -0.05) is 6.07 Å². The van der Waals surface area contributed by atoms with Crippen LogP contribution in [-0.2, 0) is 0 Å². The molecule has 28 heavy (non-hydrogen) atoms. The molecule has 3 aliphatic heterocycles. The number of carbonyl (C=O) groups excluding carboxylic acids is 1. The average Bonchev–Trinajstić information content (AvgIpc) is 3.19. The average molecular weight is 377 g/mol. The number of amides is 1. The number of hydrogen-bond donors (Lipinski definition) is 1. The molecule has 0 unspecified atom stereocenters. The molecule has 1 aromatic heterocycles. The van der Waals surface area contributed by atoms with Crippen LogP contribution >= 0.6 is 0 Å². The number of piperidine rings is 3. The van der Waals surface area contributed by atoms with Crippen LogP contribution in [0.5, 0.6) is 5.75 Å². The lowest BCUT2D eigenvalue weighted by Crippen LogP contribution is -2.57. The lowest BCUT2D eigenvalue weighted by molar-refractivity contribution is 0.0621. The number of fused-ring (bicyclic) bond motifs is 4. The minimum Gasteiger partial charge on any atom is -0.497 e. The van der Waals surface area contributed by atoms with E-state index in [1.54, 1.807) is 7.11 Å². The predicted molar refractivity (Wildman–Crippen MR) is 106 cm³/mol. The van der Waals surface area contributed by atoms with E-state index in [2.05, 4.69) is 15.2 Å². The number of aromatic nitrogens is 1. The number of nitrogens with one attached hydrogen (secondary N) is 1. The van der Waals surface area contributed by atoms with E-state index in [1.807, 2.05) is 42.5 Å². The highest BCUT2D eigenvalue weighted by Crippen LogP contribution is 2.30. The Kier molecular flexibility index (Phi) is 4.28. The lowest BCUT2D eigenvalue weighted by atomic mass is 9.84. The van der Waals surface area contributed by atoms with Crippen molar-refractivity contribution in [3.63, 3.8) is 0 Å². The first-order valence-electron chi connectivity index (χ1n) is 9.78. The van der Waals surface area contributed by atoms with Crippen molar-refractivity contribution in [2.75, 3.05) is 26.7 Å². The Morgan fingerprint density at radius 3 is 2.64 bits per heavy atom. The summed E-state index contributed by atoms with van der Waals surface area (Å²) >= 11 is 0. The Labute approximate surface area is 163 Å². The maximum absolute atomic E-state index is 13.0. The van der Waals surface area contributed by atoms with Crippen LogP contribution in [0.4, 0.5) is 0 Å². The van der Waals surface area contributed by atoms with Crippen LogP contribution < -0.4 is 10.1 Å². The molecule has 0 spiro atoms. The van der Waals surface area contributed by atoms with E-state index < -0.39 is 0 Å². The van der Waals surface area contributed by atoms with E-state index in [9.17, 15) is 4.79 Å². The number of para-hydroxylation sites is 1. The van der Waals surface area contributed by atoms with Crippen LogP contribution in [0, 0.1) is 5.92 Å². The second-order valence-electron chi connectivity index (χ2n) is 7.62. The van der Waals surface area contributed by atoms with Crippen molar-refractivity contribution in [3.05, 3.63) is 48.0 Å². The van der Waals surface area contributed by atoms with Gasteiger partial charge < -0.3 is 19.4 Å². The summed E-state index contributed by atoms with van der Waals surface area (Å²) in [5.41, 5.74) is 2.61. The first kappa shape index (κ1) is 17.3. The molecular weight excluding hydrogens is 354 g/mol. The zero-order valence-corrected chi connectivity index (χ0v) is 15.9. The molecule has 0 saturated carbocycles. The predicted octanol–water partition coefficient (Wildman–Crippen LogP) is 3.33. The van der Waals surface area contributed by atoms with Gasteiger partial charge >= 0.3 is 0 Å². The van der Waals surface area contributed by atoms with E-state index in [-0.39, 0.29) is 11.9 Å². The van der Waals surface area contributed by atoms with Crippen LogP contribution in [0.25, 0.3) is 22.6 Å². The van der Waals surface area contributed by atoms with E-state index in [0.717, 1.165) is 30.9 Å². The third-order valence-corrected chi connectivity index (χ3v) is 5.97. The summed E-state index contributed by atoms with van der Waals surface area (Å²) in [4.78, 5) is 20.0. The van der Waals surface area contributed by atoms with Gasteiger partial charge in [-0.25, -0.2) is 4.98 Å². The number of rotatable bonds is 4. The summed E-state index contributed by atoms with van der Waals surface area (Å²) in [5, 5.41) is 3.24. The summed E-state index contributed by atoms with van der Waals surface area (Å²) in [5.74, 6) is 1.78. The van der Waals surface area contributed by atoms with Gasteiger partial charge in [0.2, 0.25) is 5.89 Å². The fraction of sp³-hybridized carbons (Fsp3) is 0.364. The van der Waals surface area contributed by atoms with Crippen LogP contribution in [0.1, 0.15) is 23.2 Å². The minimum atomic E-state index is -0.0817. The number of ether oxygens (including phenoxy) is 1. The third-order valence-electron chi connectivity index (χ3n) is 5.97. The molecule has 1 atom stereocenters. The molecule has 3 fully saturated rings. The standard InChI is InChI=1S/C22H23N3O3/c1-27-16-7-5-15(6-8-16)22-24-18-4-2-3-17(20(18)28-22)21(26)23-19-13-25-11-9-14(19)10-12-25/h2-8,14,19H,9-13H2,1H3,(H,23,26)/t19-/m1/s1. The Hall–Kier alpha value is -2.86. The van der Waals surface area contributed by atoms with Crippen molar-refractivity contribution in [1.82, 2.24) is 15.2 Å². The molecule has 2 bridgehead atoms. The second kappa shape index (κ2) is 6.95. The van der Waals surface area contributed by atoms with Crippen LogP contribution in [-0.4, -0.2) is 48.6 Å². The Morgan fingerprint density at radius 2 is 1.96 bits per heavy atom. The van der Waals surface area contributed by atoms with Crippen molar-refractivity contribution in [1.29, 1.82) is 0 Å². The van der Waals surface area contributed by atoms with E-state index in [4.69, 9.17) is 9.15 Å². The second-order valence-corrected chi connectivity index (χ2v) is 7.62. The van der Waals surface area contributed by atoms with Crippen molar-refractivity contribution >= 4 is 17.0 Å². The monoisotopic (exact) mass is 377 g/mol. The summed E-state index contributed by atoms with van der Waals surface area (Å²) in [6.07, 6.45) is 2.33. The smallest absolute Gasteiger partial charge is 0.255 e. The SMILES string of the molecule is COc1ccc(-c2nc3cccc(C(=O)N[C@@H]4CN5CCC4CC5)c3o2)cc1. The molecule has 3 aromatic rings. The van der Waals surface area contributed by atoms with Crippen LogP contribution in [0.3, 0.4) is 0 Å². The fourth-order valence-corrected chi connectivity index (χ4v) is 4.36. The van der Waals surface area contributed by atoms with Gasteiger partial charge in [-0.05, 0) is 68.2 Å². The zero-order chi connectivity index (χ0) is 19.1. The van der Waals surface area contributed by atoms with Gasteiger partial charge in [0.1, 0.15) is 11.3 Å². The van der Waals surface area contributed by atoms with Gasteiger partial charge in [0.05, 0.1) is 12.7 Å². The molecule has 144 valence electrons. The molecule has 1 amide bonds. The van der Waals surface area contributed by atoms with E-state index in [1.165, 1.54) is 12.8 Å². The topological polar surface area (TPSA) is 67.6 Å². The number of methoxy groups -OCH3 is 1. The minimum absolute atomic E-state index is 0.0817. The first-order valence-corrected chi connectivity index (χ1v) is 9.78. The van der Waals surface area contributed by atoms with E-state index >= 15 is 0 Å². The highest BCUT2D eigenvalue weighted by atomic mass is 16.5. The summed E-state index contributed by atoms with van der Waals surface area (Å²) in [6, 6.07) is 13.3. The van der Waals surface area contributed by atoms with Crippen molar-refractivity contribution in [2.24, 2.45) is 5.92 Å². The number of nitrogens with zero attached hydrogens (tertiary/aromatic N) is 2. The lowest BCUT2D eigenvalue weighted by Gasteiger charge is -2.44. The summed E-state index contributed by atoms with van der Waals surface area (Å²) < 4.78 is 11.2. The normalized spacial score (nSPS) is 23.7. The summed E-state index contributed by atoms with van der Waals surface area (Å²) in [6.45, 7) is 3.25. The largest absolute Gasteiger partial charge is 0.497 e. The quantitative estimate of drug-likeness (QED) is 0.755. The maximum Gasteiger partial charge on any atom is 0.255 e. The fourth-order valence-electron chi connectivity index (χ4n) is 4.36. The molecule has 6 rings (SSSR count). The van der Waals surface area contributed by atoms with Crippen molar-refractivity contribution in [3.8, 4) is 17.2 Å². The van der Waals surface area contributed by atoms with Crippen LogP contribution in [0.15, 0.2) is 46.9 Å². The zero-order valence-electron chi connectivity index (χ0n) is 15.9. The third kappa shape index (κ3) is 3.03. The van der Waals surface area contributed by atoms with Gasteiger partial charge in [0.15, 0.2) is 5.58 Å². The molecule has 4 heterocycles. The molecule has 6 nitrogen and oxygen atoms in total. The van der Waals surface area contributed by atoms with Gasteiger partial charge in [0, 0.05) is 18.2 Å². The first-order chi connectivity index (χ1) is 13.7. The van der Waals surface area contributed by atoms with Crippen LogP contribution in [0.2, 0.25) is 0 Å². The maximum atomic E-state index is 13.0. The van der Waals surface area contributed by atoms with Gasteiger partial charge in [-0.3, -0.25) is 4.79 Å². The van der Waals surface area contributed by atoms with E-state index in [0.29, 0.717) is 28.5 Å². The molecular formula is C22H23N3O3. The van der Waals surface area contributed by atoms with Gasteiger partial charge in [-0.15, -0.1) is 0 Å². The molecule has 3 saturated heterocycles. The van der Waals surface area contributed by atoms with Gasteiger partial charge in [0.25, 0.3) is 5.91 Å². The highest BCUT2D eigenvalue weighted by molar-refractivity contribution is 6.04. The highest BCUT2D eigenvalue weighted by Gasteiger charge is 2.35. The Morgan fingerprint density at radius 1 is 1.18 bits per heavy atom. The van der Waals surface area contributed by atoms with Crippen molar-refractivity contribution < 1.29 is 13.9 Å². The molecule has 2 aromatic carbocycles. The Bertz CT molecular complexity index is 1000. The molecule has 0 aliphatic carbocycles. The van der Waals surface area contributed by atoms with Crippen molar-refractivity contribution in [2.45, 2.75) is 18.9 Å². The molecule has 1 N–H and O–H groups in total. The summed E-state index contributed by atoms with van der Waals surface area (Å²) in [7, 11) is 1.63. The van der Waals surface area contributed by atoms with Gasteiger partial charge in [-0.2, -0.15) is 0 Å². The number of carbonyl (C=O) groups is 1. The number of oxazole rings is 1. The number of hydrogen-bond acceptors (Lipinski definition) is 5.